The summed E-state index contributed by atoms with van der Waals surface area (Å²) in [5, 5.41) is 1.17. The molecule has 4 aliphatic heterocycles. The lowest BCUT2D eigenvalue weighted by Gasteiger charge is -2.41. The number of nitrogens with zero attached hydrogens (tertiary/aromatic N) is 4. The van der Waals surface area contributed by atoms with Gasteiger partial charge in [0.25, 0.3) is 11.8 Å². The van der Waals surface area contributed by atoms with Crippen LogP contribution in [0.5, 0.6) is 5.75 Å². The molecule has 1 aromatic heterocycles. The molecule has 13 nitrogen and oxygen atoms in total. The second-order valence-electron chi connectivity index (χ2n) is 13.7. The SMILES string of the molecule is COC[C@H]1CN(c2cc(Cl)c3c4c(c(=O)oc3c2C)CN(C(=O)c2ccc(C(=O)NS(=O)(=O)N3C5CCC3CC5)c(OC)c2)CC4)CCN1C. The number of amides is 2. The average molecular weight is 728 g/mol. The lowest BCUT2D eigenvalue weighted by Crippen LogP contribution is -2.53. The molecule has 50 heavy (non-hydrogen) atoms. The van der Waals surface area contributed by atoms with Gasteiger partial charge >= 0.3 is 15.8 Å². The predicted octanol–water partition coefficient (Wildman–Crippen LogP) is 3.33. The molecule has 15 heteroatoms. The van der Waals surface area contributed by atoms with E-state index in [4.69, 9.17) is 25.5 Å². The zero-order valence-electron chi connectivity index (χ0n) is 28.7. The number of benzene rings is 2. The van der Waals surface area contributed by atoms with Crippen LogP contribution < -0.4 is 20.0 Å². The molecule has 2 aromatic carbocycles. The fraction of sp³-hybridized carbons (Fsp3) is 0.514. The topological polar surface area (TPSA) is 142 Å². The third-order valence-corrected chi connectivity index (χ3v) is 12.8. The number of carbonyl (C=O) groups is 2. The summed E-state index contributed by atoms with van der Waals surface area (Å²) in [5.74, 6) is -1.15. The second-order valence-corrected chi connectivity index (χ2v) is 15.7. The maximum absolute atomic E-state index is 13.7. The molecule has 3 fully saturated rings. The largest absolute Gasteiger partial charge is 0.496 e. The lowest BCUT2D eigenvalue weighted by molar-refractivity contribution is 0.0732. The number of fused-ring (bicyclic) bond motifs is 5. The number of hydrogen-bond donors (Lipinski definition) is 1. The fourth-order valence-electron chi connectivity index (χ4n) is 8.22. The quantitative estimate of drug-likeness (QED) is 0.344. The number of aryl methyl sites for hydroxylation is 1. The van der Waals surface area contributed by atoms with Crippen molar-refractivity contribution in [1.29, 1.82) is 0 Å². The molecule has 4 aliphatic rings. The predicted molar refractivity (Wildman–Crippen MR) is 188 cm³/mol. The summed E-state index contributed by atoms with van der Waals surface area (Å²) in [4.78, 5) is 46.5. The van der Waals surface area contributed by atoms with Crippen molar-refractivity contribution >= 4 is 50.3 Å². The molecule has 268 valence electrons. The van der Waals surface area contributed by atoms with Gasteiger partial charge in [-0.2, -0.15) is 12.7 Å². The van der Waals surface area contributed by atoms with E-state index in [1.165, 1.54) is 29.6 Å². The first kappa shape index (κ1) is 34.7. The summed E-state index contributed by atoms with van der Waals surface area (Å²) in [6.45, 7) is 5.26. The van der Waals surface area contributed by atoms with E-state index in [1.54, 1.807) is 12.0 Å². The van der Waals surface area contributed by atoms with Crippen LogP contribution in [-0.4, -0.2) is 107 Å². The smallest absolute Gasteiger partial charge is 0.341 e. The molecule has 3 aromatic rings. The van der Waals surface area contributed by atoms with Gasteiger partial charge in [0.1, 0.15) is 11.3 Å². The number of halogens is 1. The molecule has 3 saturated heterocycles. The number of hydrogen-bond acceptors (Lipinski definition) is 10. The van der Waals surface area contributed by atoms with Crippen molar-refractivity contribution in [2.75, 3.05) is 59.0 Å². The maximum atomic E-state index is 13.7. The summed E-state index contributed by atoms with van der Waals surface area (Å²) >= 11 is 6.94. The van der Waals surface area contributed by atoms with E-state index in [-0.39, 0.29) is 47.5 Å². The Morgan fingerprint density at radius 1 is 1.04 bits per heavy atom. The molecule has 7 rings (SSSR count). The number of ether oxygens (including phenoxy) is 2. The van der Waals surface area contributed by atoms with Gasteiger partial charge in [0.15, 0.2) is 0 Å². The van der Waals surface area contributed by atoms with Gasteiger partial charge in [0, 0.05) is 67.6 Å². The zero-order chi connectivity index (χ0) is 35.5. The Morgan fingerprint density at radius 2 is 1.76 bits per heavy atom. The van der Waals surface area contributed by atoms with Gasteiger partial charge in [-0.25, -0.2) is 9.52 Å². The number of nitrogens with one attached hydrogen (secondary N) is 1. The van der Waals surface area contributed by atoms with Crippen molar-refractivity contribution < 1.29 is 31.9 Å². The Kier molecular flexibility index (Phi) is 9.35. The molecule has 0 aliphatic carbocycles. The molecule has 1 N–H and O–H groups in total. The number of carbonyl (C=O) groups excluding carboxylic acids is 2. The van der Waals surface area contributed by atoms with Gasteiger partial charge in [0.2, 0.25) is 0 Å². The van der Waals surface area contributed by atoms with Crippen LogP contribution in [-0.2, 0) is 27.9 Å². The number of rotatable bonds is 8. The van der Waals surface area contributed by atoms with Crippen molar-refractivity contribution in [3.63, 3.8) is 0 Å². The number of anilines is 1. The number of methoxy groups -OCH3 is 2. The van der Waals surface area contributed by atoms with Gasteiger partial charge in [-0.1, -0.05) is 11.6 Å². The van der Waals surface area contributed by atoms with Crippen LogP contribution in [0.15, 0.2) is 33.5 Å². The Hall–Kier alpha value is -3.69. The number of piperazine rings is 1. The highest BCUT2D eigenvalue weighted by Crippen LogP contribution is 2.40. The van der Waals surface area contributed by atoms with Crippen molar-refractivity contribution in [1.82, 2.24) is 18.8 Å². The van der Waals surface area contributed by atoms with Crippen LogP contribution in [0.25, 0.3) is 11.0 Å². The van der Waals surface area contributed by atoms with Crippen LogP contribution in [0.2, 0.25) is 5.02 Å². The van der Waals surface area contributed by atoms with E-state index in [0.717, 1.165) is 62.1 Å². The zero-order valence-corrected chi connectivity index (χ0v) is 30.2. The van der Waals surface area contributed by atoms with E-state index >= 15 is 0 Å². The van der Waals surface area contributed by atoms with E-state index in [2.05, 4.69) is 21.6 Å². The minimum atomic E-state index is -4.03. The number of likely N-dealkylation sites (N-methyl/N-ethyl adjacent to an activating group) is 1. The lowest BCUT2D eigenvalue weighted by atomic mass is 9.95. The standard InChI is InChI=1S/C35H42ClN5O8S/c1-20-29(39-14-13-38(2)24(17-39)19-47-3)16-28(36)31-25-11-12-40(18-27(25)35(44)49-32(20)31)34(43)21-5-10-26(30(15-21)48-4)33(42)37-50(45,46)41-22-6-7-23(41)9-8-22/h5,10,15-16,22-24H,6-9,11-14,17-19H2,1-4H3,(H,37,42)/t22?,23?,24-/m1/s1. The van der Waals surface area contributed by atoms with Gasteiger partial charge in [-0.15, -0.1) is 0 Å². The van der Waals surface area contributed by atoms with Crippen molar-refractivity contribution in [2.24, 2.45) is 0 Å². The summed E-state index contributed by atoms with van der Waals surface area (Å²) in [5.41, 5.74) is 3.04. The molecule has 2 bridgehead atoms. The second kappa shape index (κ2) is 13.5. The van der Waals surface area contributed by atoms with E-state index in [9.17, 15) is 22.8 Å². The highest BCUT2D eigenvalue weighted by molar-refractivity contribution is 7.87. The minimum Gasteiger partial charge on any atom is -0.496 e. The Labute approximate surface area is 296 Å². The highest BCUT2D eigenvalue weighted by atomic mass is 35.5. The molecule has 5 heterocycles. The molecular formula is C35H42ClN5O8S. The van der Waals surface area contributed by atoms with Crippen molar-refractivity contribution in [2.45, 2.75) is 63.7 Å². The van der Waals surface area contributed by atoms with Crippen LogP contribution in [0.1, 0.15) is 63.1 Å². The van der Waals surface area contributed by atoms with E-state index in [1.807, 2.05) is 13.0 Å². The van der Waals surface area contributed by atoms with Crippen molar-refractivity contribution in [3.8, 4) is 5.75 Å². The van der Waals surface area contributed by atoms with E-state index < -0.39 is 21.7 Å². The normalized spacial score (nSPS) is 22.6. The summed E-state index contributed by atoms with van der Waals surface area (Å²) in [6.07, 6.45) is 3.55. The highest BCUT2D eigenvalue weighted by Gasteiger charge is 2.47. The monoisotopic (exact) mass is 727 g/mol. The average Bonchev–Trinajstić information content (AvgIpc) is 3.72. The molecule has 0 spiro atoms. The molecule has 0 radical (unpaired) electrons. The molecular weight excluding hydrogens is 686 g/mol. The summed E-state index contributed by atoms with van der Waals surface area (Å²) in [7, 11) is 1.09. The van der Waals surface area contributed by atoms with Gasteiger partial charge in [-0.05, 0) is 75.9 Å². The first-order valence-corrected chi connectivity index (χ1v) is 18.8. The fourth-order valence-corrected chi connectivity index (χ4v) is 10.2. The third-order valence-electron chi connectivity index (χ3n) is 10.9. The third kappa shape index (κ3) is 6.04. The minimum absolute atomic E-state index is 0.00885. The van der Waals surface area contributed by atoms with Crippen LogP contribution in [0, 0.1) is 6.92 Å². The first-order chi connectivity index (χ1) is 23.9. The Bertz CT molecular complexity index is 2020. The summed E-state index contributed by atoms with van der Waals surface area (Å²) in [6, 6.07) is 6.23. The van der Waals surface area contributed by atoms with Crippen LogP contribution in [0.3, 0.4) is 0 Å². The Balaban J connectivity index is 1.11. The summed E-state index contributed by atoms with van der Waals surface area (Å²) < 4.78 is 46.6. The van der Waals surface area contributed by atoms with Gasteiger partial charge < -0.3 is 23.7 Å². The molecule has 0 saturated carbocycles. The Morgan fingerprint density at radius 3 is 2.44 bits per heavy atom. The molecule has 0 unspecified atom stereocenters. The van der Waals surface area contributed by atoms with Crippen LogP contribution >= 0.6 is 11.6 Å². The molecule has 2 amide bonds. The van der Waals surface area contributed by atoms with Crippen molar-refractivity contribution in [3.05, 3.63) is 67.5 Å². The first-order valence-electron chi connectivity index (χ1n) is 17.0. The van der Waals surface area contributed by atoms with E-state index in [0.29, 0.717) is 41.1 Å². The van der Waals surface area contributed by atoms with Gasteiger partial charge in [0.05, 0.1) is 42.5 Å². The van der Waals surface area contributed by atoms with Crippen LogP contribution in [0.4, 0.5) is 5.69 Å². The van der Waals surface area contributed by atoms with Gasteiger partial charge in [-0.3, -0.25) is 14.5 Å². The maximum Gasteiger partial charge on any atom is 0.341 e. The molecule has 1 atom stereocenters.